The fourth-order valence-electron chi connectivity index (χ4n) is 2.92. The summed E-state index contributed by atoms with van der Waals surface area (Å²) in [7, 11) is 0. The van der Waals surface area contributed by atoms with Crippen LogP contribution in [0.5, 0.6) is 0 Å². The van der Waals surface area contributed by atoms with Crippen molar-refractivity contribution in [2.45, 2.75) is 33.9 Å². The van der Waals surface area contributed by atoms with Crippen molar-refractivity contribution >= 4 is 29.0 Å². The lowest BCUT2D eigenvalue weighted by atomic mass is 10.1. The summed E-state index contributed by atoms with van der Waals surface area (Å²) in [6.45, 7) is 5.90. The molecule has 0 saturated carbocycles. The van der Waals surface area contributed by atoms with Crippen LogP contribution in [0.2, 0.25) is 0 Å². The molecular weight excluding hydrogens is 402 g/mol. The Hall–Kier alpha value is -4.02. The second kappa shape index (κ2) is 9.20. The van der Waals surface area contributed by atoms with Crippen molar-refractivity contribution < 1.29 is 14.5 Å². The smallest absolute Gasteiger partial charge is 0.358 e. The van der Waals surface area contributed by atoms with Crippen LogP contribution in [-0.4, -0.2) is 36.3 Å². The minimum atomic E-state index is -0.578. The highest BCUT2D eigenvalue weighted by Crippen LogP contribution is 2.19. The van der Waals surface area contributed by atoms with Crippen molar-refractivity contribution in [1.29, 1.82) is 0 Å². The molecule has 3 aromatic rings. The van der Waals surface area contributed by atoms with Gasteiger partial charge in [-0.1, -0.05) is 25.1 Å². The summed E-state index contributed by atoms with van der Waals surface area (Å²) in [6, 6.07) is 10.3. The quantitative estimate of drug-likeness (QED) is 0.420. The van der Waals surface area contributed by atoms with E-state index in [9.17, 15) is 19.7 Å². The van der Waals surface area contributed by atoms with Crippen LogP contribution in [0, 0.1) is 23.0 Å². The van der Waals surface area contributed by atoms with E-state index < -0.39 is 16.7 Å². The van der Waals surface area contributed by atoms with Gasteiger partial charge in [0.1, 0.15) is 0 Å². The molecule has 2 aromatic heterocycles. The molecule has 0 aliphatic rings. The number of nitrogens with one attached hydrogen (secondary N) is 2. The first kappa shape index (κ1) is 21.7. The van der Waals surface area contributed by atoms with Gasteiger partial charge in [0.15, 0.2) is 5.69 Å². The summed E-state index contributed by atoms with van der Waals surface area (Å²) in [4.78, 5) is 35.8. The summed E-state index contributed by atoms with van der Waals surface area (Å²) in [5.74, 6) is -1.63. The predicted molar refractivity (Wildman–Crippen MR) is 114 cm³/mol. The molecule has 0 fully saturated rings. The second-order valence-corrected chi connectivity index (χ2v) is 7.04. The van der Waals surface area contributed by atoms with Gasteiger partial charge < -0.3 is 20.7 Å². The summed E-state index contributed by atoms with van der Waals surface area (Å²) >= 11 is 0. The van der Waals surface area contributed by atoms with E-state index in [1.54, 1.807) is 49.0 Å². The molecule has 2 heterocycles. The number of aryl methyl sites for hydroxylation is 2. The SMILES string of the molecule is CCn1cc(NC(=O)C(C)Cn2nc([N+](=O)[O-])cc2C)c(C(=O)Nc2ccccc2)n1. The zero-order valence-electron chi connectivity index (χ0n) is 17.4. The number of nitrogens with zero attached hydrogens (tertiary/aromatic N) is 5. The van der Waals surface area contributed by atoms with Crippen molar-refractivity contribution in [2.75, 3.05) is 10.6 Å². The number of rotatable bonds is 8. The molecule has 11 heteroatoms. The highest BCUT2D eigenvalue weighted by molar-refractivity contribution is 6.08. The highest BCUT2D eigenvalue weighted by atomic mass is 16.6. The Morgan fingerprint density at radius 2 is 1.90 bits per heavy atom. The summed E-state index contributed by atoms with van der Waals surface area (Å²) in [5, 5.41) is 24.6. The lowest BCUT2D eigenvalue weighted by Crippen LogP contribution is -2.26. The van der Waals surface area contributed by atoms with Crippen molar-refractivity contribution in [1.82, 2.24) is 19.6 Å². The van der Waals surface area contributed by atoms with Gasteiger partial charge in [0.25, 0.3) is 5.91 Å². The molecule has 1 aromatic carbocycles. The van der Waals surface area contributed by atoms with Gasteiger partial charge in [0.05, 0.1) is 35.0 Å². The zero-order valence-corrected chi connectivity index (χ0v) is 17.4. The van der Waals surface area contributed by atoms with E-state index in [0.29, 0.717) is 17.9 Å². The Kier molecular flexibility index (Phi) is 6.43. The largest absolute Gasteiger partial charge is 0.390 e. The first-order valence-corrected chi connectivity index (χ1v) is 9.72. The predicted octanol–water partition coefficient (Wildman–Crippen LogP) is 2.84. The molecule has 2 N–H and O–H groups in total. The van der Waals surface area contributed by atoms with E-state index in [-0.39, 0.29) is 29.7 Å². The molecule has 0 spiro atoms. The number of aromatic nitrogens is 4. The van der Waals surface area contributed by atoms with Crippen LogP contribution in [0.15, 0.2) is 42.6 Å². The van der Waals surface area contributed by atoms with Crippen LogP contribution < -0.4 is 10.6 Å². The second-order valence-electron chi connectivity index (χ2n) is 7.04. The molecule has 31 heavy (non-hydrogen) atoms. The van der Waals surface area contributed by atoms with E-state index in [4.69, 9.17) is 0 Å². The lowest BCUT2D eigenvalue weighted by molar-refractivity contribution is -0.389. The first-order valence-electron chi connectivity index (χ1n) is 9.72. The van der Waals surface area contributed by atoms with Crippen LogP contribution in [-0.2, 0) is 17.9 Å². The van der Waals surface area contributed by atoms with E-state index in [0.717, 1.165) is 0 Å². The number of para-hydroxylation sites is 1. The summed E-state index contributed by atoms with van der Waals surface area (Å²) in [5.41, 5.74) is 1.57. The fourth-order valence-corrected chi connectivity index (χ4v) is 2.92. The number of carbonyl (C=O) groups is 2. The third kappa shape index (κ3) is 5.13. The van der Waals surface area contributed by atoms with Gasteiger partial charge in [-0.25, -0.2) is 0 Å². The standard InChI is InChI=1S/C20H23N7O4/c1-4-25-12-16(18(24-25)20(29)21-15-8-6-5-7-9-15)22-19(28)13(2)11-26-14(3)10-17(23-26)27(30)31/h5-10,12-13H,4,11H2,1-3H3,(H,21,29)(H,22,28). The van der Waals surface area contributed by atoms with Crippen LogP contribution in [0.1, 0.15) is 30.0 Å². The van der Waals surface area contributed by atoms with Crippen LogP contribution in [0.25, 0.3) is 0 Å². The molecule has 1 atom stereocenters. The molecule has 162 valence electrons. The number of hydrogen-bond acceptors (Lipinski definition) is 6. The van der Waals surface area contributed by atoms with E-state index in [1.807, 2.05) is 13.0 Å². The van der Waals surface area contributed by atoms with Crippen LogP contribution in [0.4, 0.5) is 17.2 Å². The fraction of sp³-hybridized carbons (Fsp3) is 0.300. The Balaban J connectivity index is 1.73. The normalized spacial score (nSPS) is 11.7. The molecule has 0 aliphatic heterocycles. The van der Waals surface area contributed by atoms with Gasteiger partial charge in [0.2, 0.25) is 5.91 Å². The minimum absolute atomic E-state index is 0.0946. The van der Waals surface area contributed by atoms with E-state index in [2.05, 4.69) is 20.8 Å². The number of carbonyl (C=O) groups excluding carboxylic acids is 2. The number of benzene rings is 1. The van der Waals surface area contributed by atoms with Crippen LogP contribution >= 0.6 is 0 Å². The average Bonchev–Trinajstić information content (AvgIpc) is 3.32. The third-order valence-corrected chi connectivity index (χ3v) is 4.64. The molecule has 3 rings (SSSR count). The monoisotopic (exact) mass is 425 g/mol. The van der Waals surface area contributed by atoms with Gasteiger partial charge in [-0.2, -0.15) is 9.78 Å². The average molecular weight is 425 g/mol. The maximum atomic E-state index is 12.7. The van der Waals surface area contributed by atoms with Gasteiger partial charge in [0, 0.05) is 18.4 Å². The van der Waals surface area contributed by atoms with Gasteiger partial charge in [-0.05, 0) is 30.9 Å². The van der Waals surface area contributed by atoms with Crippen molar-refractivity contribution in [3.05, 3.63) is 64.1 Å². The van der Waals surface area contributed by atoms with Crippen molar-refractivity contribution in [3.8, 4) is 0 Å². The highest BCUT2D eigenvalue weighted by Gasteiger charge is 2.24. The number of amides is 2. The zero-order chi connectivity index (χ0) is 22.5. The van der Waals surface area contributed by atoms with E-state index >= 15 is 0 Å². The Morgan fingerprint density at radius 1 is 1.19 bits per heavy atom. The maximum Gasteiger partial charge on any atom is 0.390 e. The Morgan fingerprint density at radius 3 is 2.52 bits per heavy atom. The molecule has 0 aliphatic carbocycles. The molecule has 0 bridgehead atoms. The molecule has 0 radical (unpaired) electrons. The first-order chi connectivity index (χ1) is 14.8. The van der Waals surface area contributed by atoms with Crippen molar-refractivity contribution in [2.24, 2.45) is 5.92 Å². The molecule has 11 nitrogen and oxygen atoms in total. The van der Waals surface area contributed by atoms with Gasteiger partial charge in [-0.3, -0.25) is 14.3 Å². The van der Waals surface area contributed by atoms with Gasteiger partial charge >= 0.3 is 5.82 Å². The minimum Gasteiger partial charge on any atom is -0.358 e. The number of nitro groups is 1. The molecule has 2 amide bonds. The molecule has 0 saturated heterocycles. The van der Waals surface area contributed by atoms with Crippen LogP contribution in [0.3, 0.4) is 0 Å². The topological polar surface area (TPSA) is 137 Å². The Labute approximate surface area is 178 Å². The number of hydrogen-bond donors (Lipinski definition) is 2. The summed E-state index contributed by atoms with van der Waals surface area (Å²) in [6.07, 6.45) is 1.59. The van der Waals surface area contributed by atoms with E-state index in [1.165, 1.54) is 10.7 Å². The molecular formula is C20H23N7O4. The third-order valence-electron chi connectivity index (χ3n) is 4.64. The van der Waals surface area contributed by atoms with Crippen molar-refractivity contribution in [3.63, 3.8) is 0 Å². The summed E-state index contributed by atoms with van der Waals surface area (Å²) < 4.78 is 2.97. The lowest BCUT2D eigenvalue weighted by Gasteiger charge is -2.11. The maximum absolute atomic E-state index is 12.7. The van der Waals surface area contributed by atoms with Gasteiger partial charge in [-0.15, -0.1) is 0 Å². The molecule has 1 unspecified atom stereocenters. The Bertz CT molecular complexity index is 1100. The number of anilines is 2.